The number of amides is 1. The summed E-state index contributed by atoms with van der Waals surface area (Å²) in [6.45, 7) is 10.2. The van der Waals surface area contributed by atoms with Crippen molar-refractivity contribution in [1.82, 2.24) is 0 Å². The zero-order valence-electron chi connectivity index (χ0n) is 18.5. The van der Waals surface area contributed by atoms with E-state index in [1.807, 2.05) is 40.7 Å². The van der Waals surface area contributed by atoms with Crippen LogP contribution in [0.2, 0.25) is 0 Å². The van der Waals surface area contributed by atoms with Crippen LogP contribution >= 0.6 is 0 Å². The fraction of sp³-hybridized carbons (Fsp3) is 0.435. The Hall–Kier alpha value is -2.38. The number of carbonyl (C=O) groups is 1. The summed E-state index contributed by atoms with van der Waals surface area (Å²) in [6.07, 6.45) is 1.72. The maximum Gasteiger partial charge on any atom is 0.262 e. The van der Waals surface area contributed by atoms with E-state index in [9.17, 15) is 13.2 Å². The van der Waals surface area contributed by atoms with E-state index in [4.69, 9.17) is 4.74 Å². The molecule has 1 aliphatic rings. The first-order valence-electron chi connectivity index (χ1n) is 10.1. The maximum atomic E-state index is 13.3. The summed E-state index contributed by atoms with van der Waals surface area (Å²) < 4.78 is 34.4. The number of benzene rings is 2. The molecule has 0 bridgehead atoms. The first-order valence-corrected chi connectivity index (χ1v) is 11.6. The summed E-state index contributed by atoms with van der Waals surface area (Å²) in [4.78, 5) is 14.4. The molecular formula is C23H30N2O4S. The number of methoxy groups -OCH3 is 1. The zero-order valence-corrected chi connectivity index (χ0v) is 19.4. The lowest BCUT2D eigenvalue weighted by atomic mass is 9.95. The molecule has 2 aromatic carbocycles. The molecule has 0 spiro atoms. The van der Waals surface area contributed by atoms with Crippen LogP contribution in [0.5, 0.6) is 0 Å². The van der Waals surface area contributed by atoms with Crippen LogP contribution in [0.3, 0.4) is 0 Å². The van der Waals surface area contributed by atoms with Gasteiger partial charge in [-0.05, 0) is 93.0 Å². The molecule has 3 rings (SSSR count). The van der Waals surface area contributed by atoms with Crippen molar-refractivity contribution in [3.63, 3.8) is 0 Å². The molecule has 0 unspecified atom stereocenters. The van der Waals surface area contributed by atoms with E-state index >= 15 is 0 Å². The minimum absolute atomic E-state index is 0.00426. The molecular weight excluding hydrogens is 400 g/mol. The normalized spacial score (nSPS) is 13.9. The predicted octanol–water partition coefficient (Wildman–Crippen LogP) is 3.96. The van der Waals surface area contributed by atoms with Gasteiger partial charge in [0.2, 0.25) is 0 Å². The molecule has 0 saturated heterocycles. The number of hydrogen-bond acceptors (Lipinski definition) is 4. The standard InChI is InChI=1S/C23H30N2O4S/c1-14-15(2)17(4)23(18(5)16(14)3)30(27,28)24-20-10-9-19-8-7-11-25(21(19)12-20)22(26)13-29-6/h9-10,12,24H,7-8,11,13H2,1-6H3. The van der Waals surface area contributed by atoms with Crippen molar-refractivity contribution in [3.8, 4) is 0 Å². The second-order valence-corrected chi connectivity index (χ2v) is 9.60. The molecule has 0 aliphatic carbocycles. The quantitative estimate of drug-likeness (QED) is 0.779. The molecule has 30 heavy (non-hydrogen) atoms. The average molecular weight is 431 g/mol. The summed E-state index contributed by atoms with van der Waals surface area (Å²) in [5, 5.41) is 0. The molecule has 1 heterocycles. The monoisotopic (exact) mass is 430 g/mol. The van der Waals surface area contributed by atoms with E-state index in [-0.39, 0.29) is 12.5 Å². The van der Waals surface area contributed by atoms with E-state index in [0.717, 1.165) is 51.9 Å². The van der Waals surface area contributed by atoms with Crippen molar-refractivity contribution in [2.45, 2.75) is 52.4 Å². The van der Waals surface area contributed by atoms with Crippen molar-refractivity contribution in [3.05, 3.63) is 51.6 Å². The van der Waals surface area contributed by atoms with Crippen molar-refractivity contribution in [1.29, 1.82) is 0 Å². The van der Waals surface area contributed by atoms with E-state index in [1.54, 1.807) is 17.0 Å². The molecule has 1 N–H and O–H groups in total. The van der Waals surface area contributed by atoms with Gasteiger partial charge in [0.25, 0.3) is 15.9 Å². The van der Waals surface area contributed by atoms with E-state index in [1.165, 1.54) is 7.11 Å². The highest BCUT2D eigenvalue weighted by molar-refractivity contribution is 7.92. The summed E-state index contributed by atoms with van der Waals surface area (Å²) in [5.41, 5.74) is 6.83. The van der Waals surface area contributed by atoms with Gasteiger partial charge in [0.05, 0.1) is 10.6 Å². The van der Waals surface area contributed by atoms with Gasteiger partial charge in [0.1, 0.15) is 6.61 Å². The Balaban J connectivity index is 2.02. The van der Waals surface area contributed by atoms with Crippen LogP contribution in [0.15, 0.2) is 23.1 Å². The number of sulfonamides is 1. The number of hydrogen-bond donors (Lipinski definition) is 1. The molecule has 0 saturated carbocycles. The van der Waals surface area contributed by atoms with Crippen LogP contribution in [0.1, 0.15) is 39.8 Å². The van der Waals surface area contributed by atoms with Gasteiger partial charge in [-0.25, -0.2) is 8.42 Å². The van der Waals surface area contributed by atoms with Crippen molar-refractivity contribution in [2.24, 2.45) is 0 Å². The van der Waals surface area contributed by atoms with Crippen molar-refractivity contribution in [2.75, 3.05) is 29.9 Å². The van der Waals surface area contributed by atoms with Gasteiger partial charge in [-0.2, -0.15) is 0 Å². The lowest BCUT2D eigenvalue weighted by Crippen LogP contribution is -2.37. The summed E-state index contributed by atoms with van der Waals surface area (Å²) in [5.74, 6) is -0.130. The van der Waals surface area contributed by atoms with Crippen LogP contribution in [0.25, 0.3) is 0 Å². The number of ether oxygens (including phenoxy) is 1. The molecule has 162 valence electrons. The molecule has 2 aromatic rings. The maximum absolute atomic E-state index is 13.3. The second-order valence-electron chi connectivity index (χ2n) is 7.99. The van der Waals surface area contributed by atoms with Gasteiger partial charge in [-0.15, -0.1) is 0 Å². The van der Waals surface area contributed by atoms with Gasteiger partial charge >= 0.3 is 0 Å². The van der Waals surface area contributed by atoms with Gasteiger partial charge in [-0.3, -0.25) is 9.52 Å². The smallest absolute Gasteiger partial charge is 0.262 e. The number of rotatable bonds is 5. The Kier molecular flexibility index (Phi) is 6.24. The number of carbonyl (C=O) groups excluding carboxylic acids is 1. The second kappa shape index (κ2) is 8.40. The molecule has 0 fully saturated rings. The minimum Gasteiger partial charge on any atom is -0.375 e. The Morgan fingerprint density at radius 3 is 2.23 bits per heavy atom. The number of fused-ring (bicyclic) bond motifs is 1. The number of nitrogens with one attached hydrogen (secondary N) is 1. The first kappa shape index (κ1) is 22.3. The minimum atomic E-state index is -3.79. The molecule has 0 aromatic heterocycles. The Bertz CT molecular complexity index is 1080. The molecule has 1 amide bonds. The zero-order chi connectivity index (χ0) is 22.2. The van der Waals surface area contributed by atoms with Crippen molar-refractivity contribution >= 4 is 27.3 Å². The molecule has 0 atom stereocenters. The highest BCUT2D eigenvalue weighted by Gasteiger charge is 2.26. The average Bonchev–Trinajstić information content (AvgIpc) is 2.70. The highest BCUT2D eigenvalue weighted by atomic mass is 32.2. The lowest BCUT2D eigenvalue weighted by Gasteiger charge is -2.30. The molecule has 1 aliphatic heterocycles. The van der Waals surface area contributed by atoms with Gasteiger partial charge in [0, 0.05) is 19.3 Å². The van der Waals surface area contributed by atoms with Crippen LogP contribution in [-0.4, -0.2) is 34.6 Å². The van der Waals surface area contributed by atoms with Crippen LogP contribution in [-0.2, 0) is 26.0 Å². The summed E-state index contributed by atoms with van der Waals surface area (Å²) in [6, 6.07) is 5.40. The van der Waals surface area contributed by atoms with E-state index in [2.05, 4.69) is 4.72 Å². The third kappa shape index (κ3) is 3.96. The third-order valence-electron chi connectivity index (χ3n) is 6.22. The topological polar surface area (TPSA) is 75.7 Å². The summed E-state index contributed by atoms with van der Waals surface area (Å²) in [7, 11) is -2.30. The largest absolute Gasteiger partial charge is 0.375 e. The summed E-state index contributed by atoms with van der Waals surface area (Å²) >= 11 is 0. The van der Waals surface area contributed by atoms with E-state index < -0.39 is 10.0 Å². The third-order valence-corrected chi connectivity index (χ3v) is 7.88. The first-order chi connectivity index (χ1) is 14.1. The molecule has 6 nitrogen and oxygen atoms in total. The van der Waals surface area contributed by atoms with Crippen LogP contribution in [0.4, 0.5) is 11.4 Å². The van der Waals surface area contributed by atoms with Gasteiger partial charge < -0.3 is 9.64 Å². The Morgan fingerprint density at radius 1 is 1.03 bits per heavy atom. The Morgan fingerprint density at radius 2 is 1.63 bits per heavy atom. The predicted molar refractivity (Wildman–Crippen MR) is 120 cm³/mol. The molecule has 0 radical (unpaired) electrons. The fourth-order valence-electron chi connectivity index (χ4n) is 4.17. The number of anilines is 2. The number of aryl methyl sites for hydroxylation is 1. The SMILES string of the molecule is COCC(=O)N1CCCc2ccc(NS(=O)(=O)c3c(C)c(C)c(C)c(C)c3C)cc21. The Labute approximate surface area is 179 Å². The highest BCUT2D eigenvalue weighted by Crippen LogP contribution is 2.33. The lowest BCUT2D eigenvalue weighted by molar-refractivity contribution is -0.122. The van der Waals surface area contributed by atoms with E-state index in [0.29, 0.717) is 17.1 Å². The van der Waals surface area contributed by atoms with Gasteiger partial charge in [0.15, 0.2) is 0 Å². The van der Waals surface area contributed by atoms with Crippen LogP contribution < -0.4 is 9.62 Å². The molecule has 7 heteroatoms. The fourth-order valence-corrected chi connectivity index (χ4v) is 5.83. The van der Waals surface area contributed by atoms with Gasteiger partial charge in [-0.1, -0.05) is 6.07 Å². The number of nitrogens with zero attached hydrogens (tertiary/aromatic N) is 1. The van der Waals surface area contributed by atoms with Crippen LogP contribution in [0, 0.1) is 34.6 Å². The van der Waals surface area contributed by atoms with Crippen molar-refractivity contribution < 1.29 is 17.9 Å².